The molecule has 0 aliphatic heterocycles. The van der Waals surface area contributed by atoms with Gasteiger partial charge in [0.2, 0.25) is 0 Å². The molecular formula is C16H24N4O. The number of methoxy groups -OCH3 is 1. The molecule has 0 aliphatic rings. The molecule has 1 heterocycles. The highest BCUT2D eigenvalue weighted by atomic mass is 16.5. The second-order valence-corrected chi connectivity index (χ2v) is 4.98. The lowest BCUT2D eigenvalue weighted by Gasteiger charge is -2.19. The van der Waals surface area contributed by atoms with Crippen LogP contribution in [0, 0.1) is 0 Å². The quantitative estimate of drug-likeness (QED) is 0.811. The Morgan fingerprint density at radius 2 is 2.19 bits per heavy atom. The monoisotopic (exact) mass is 288 g/mol. The Balaban J connectivity index is 2.20. The van der Waals surface area contributed by atoms with Gasteiger partial charge in [-0.15, -0.1) is 0 Å². The van der Waals surface area contributed by atoms with E-state index in [1.54, 1.807) is 13.4 Å². The molecule has 0 saturated heterocycles. The van der Waals surface area contributed by atoms with Crippen molar-refractivity contribution in [1.29, 1.82) is 0 Å². The number of nitrogens with zero attached hydrogens (tertiary/aromatic N) is 3. The molecule has 2 rings (SSSR count). The lowest BCUT2D eigenvalue weighted by Crippen LogP contribution is -2.25. The highest BCUT2D eigenvalue weighted by Crippen LogP contribution is 2.22. The van der Waals surface area contributed by atoms with Crippen LogP contribution in [0.3, 0.4) is 0 Å². The van der Waals surface area contributed by atoms with Crippen LogP contribution in [-0.2, 0) is 13.0 Å². The first kappa shape index (κ1) is 15.5. The van der Waals surface area contributed by atoms with Crippen molar-refractivity contribution < 1.29 is 4.74 Å². The van der Waals surface area contributed by atoms with Crippen LogP contribution in [0.4, 0.5) is 0 Å². The molecule has 0 aliphatic carbocycles. The van der Waals surface area contributed by atoms with E-state index in [2.05, 4.69) is 41.4 Å². The molecule has 1 aromatic carbocycles. The maximum absolute atomic E-state index is 5.33. The molecular weight excluding hydrogens is 264 g/mol. The van der Waals surface area contributed by atoms with Crippen LogP contribution in [0.1, 0.15) is 37.7 Å². The normalized spacial score (nSPS) is 12.3. The standard InChI is InChI=1S/C16H24N4O/c1-4-9-17-15(11-16-18-12-19-20(16)5-2)13-7-6-8-14(10-13)21-3/h6-8,10,12,15,17H,4-5,9,11H2,1-3H3. The van der Waals surface area contributed by atoms with Crippen LogP contribution < -0.4 is 10.1 Å². The van der Waals surface area contributed by atoms with Crippen molar-refractivity contribution in [1.82, 2.24) is 20.1 Å². The SMILES string of the molecule is CCCNC(Cc1ncnn1CC)c1cccc(OC)c1. The van der Waals surface area contributed by atoms with E-state index in [1.807, 2.05) is 16.8 Å². The first-order chi connectivity index (χ1) is 10.3. The van der Waals surface area contributed by atoms with Crippen LogP contribution >= 0.6 is 0 Å². The van der Waals surface area contributed by atoms with Crippen LogP contribution in [0.25, 0.3) is 0 Å². The first-order valence-corrected chi connectivity index (χ1v) is 7.52. The molecule has 5 nitrogen and oxygen atoms in total. The van der Waals surface area contributed by atoms with Gasteiger partial charge < -0.3 is 10.1 Å². The van der Waals surface area contributed by atoms with Crippen molar-refractivity contribution in [2.24, 2.45) is 0 Å². The first-order valence-electron chi connectivity index (χ1n) is 7.52. The number of benzene rings is 1. The van der Waals surface area contributed by atoms with Gasteiger partial charge in [0.1, 0.15) is 17.9 Å². The largest absolute Gasteiger partial charge is 0.497 e. The third-order valence-corrected chi connectivity index (χ3v) is 3.52. The van der Waals surface area contributed by atoms with Crippen molar-refractivity contribution in [3.8, 4) is 5.75 Å². The molecule has 21 heavy (non-hydrogen) atoms. The zero-order valence-electron chi connectivity index (χ0n) is 13.0. The Morgan fingerprint density at radius 3 is 2.90 bits per heavy atom. The van der Waals surface area contributed by atoms with Gasteiger partial charge in [0.25, 0.3) is 0 Å². The van der Waals surface area contributed by atoms with Crippen molar-refractivity contribution in [2.45, 2.75) is 39.3 Å². The summed E-state index contributed by atoms with van der Waals surface area (Å²) >= 11 is 0. The van der Waals surface area contributed by atoms with E-state index in [-0.39, 0.29) is 6.04 Å². The molecule has 0 radical (unpaired) electrons. The third kappa shape index (κ3) is 4.04. The number of aromatic nitrogens is 3. The predicted molar refractivity (Wildman–Crippen MR) is 83.4 cm³/mol. The summed E-state index contributed by atoms with van der Waals surface area (Å²) in [5.41, 5.74) is 1.22. The number of nitrogens with one attached hydrogen (secondary N) is 1. The summed E-state index contributed by atoms with van der Waals surface area (Å²) in [5, 5.41) is 7.84. The van der Waals surface area contributed by atoms with Crippen molar-refractivity contribution in [3.63, 3.8) is 0 Å². The van der Waals surface area contributed by atoms with Crippen LogP contribution in [0.15, 0.2) is 30.6 Å². The molecule has 0 spiro atoms. The minimum absolute atomic E-state index is 0.217. The fourth-order valence-corrected chi connectivity index (χ4v) is 2.38. The maximum atomic E-state index is 5.33. The number of rotatable bonds is 8. The van der Waals surface area contributed by atoms with E-state index in [9.17, 15) is 0 Å². The van der Waals surface area contributed by atoms with Gasteiger partial charge >= 0.3 is 0 Å². The van der Waals surface area contributed by atoms with E-state index < -0.39 is 0 Å². The van der Waals surface area contributed by atoms with Gasteiger partial charge in [-0.05, 0) is 37.6 Å². The Morgan fingerprint density at radius 1 is 1.33 bits per heavy atom. The van der Waals surface area contributed by atoms with E-state index in [4.69, 9.17) is 4.74 Å². The molecule has 114 valence electrons. The molecule has 1 unspecified atom stereocenters. The molecule has 1 N–H and O–H groups in total. The van der Waals surface area contributed by atoms with Crippen molar-refractivity contribution >= 4 is 0 Å². The second-order valence-electron chi connectivity index (χ2n) is 4.98. The van der Waals surface area contributed by atoms with Gasteiger partial charge in [-0.2, -0.15) is 5.10 Å². The summed E-state index contributed by atoms with van der Waals surface area (Å²) in [6.07, 6.45) is 3.54. The van der Waals surface area contributed by atoms with Crippen LogP contribution in [0.2, 0.25) is 0 Å². The molecule has 5 heteroatoms. The van der Waals surface area contributed by atoms with Gasteiger partial charge in [-0.1, -0.05) is 19.1 Å². The van der Waals surface area contributed by atoms with Crippen molar-refractivity contribution in [3.05, 3.63) is 42.0 Å². The van der Waals surface area contributed by atoms with E-state index in [0.717, 1.165) is 37.5 Å². The zero-order chi connectivity index (χ0) is 15.1. The number of ether oxygens (including phenoxy) is 1. The topological polar surface area (TPSA) is 52.0 Å². The summed E-state index contributed by atoms with van der Waals surface area (Å²) in [6, 6.07) is 8.42. The van der Waals surface area contributed by atoms with Crippen LogP contribution in [0.5, 0.6) is 5.75 Å². The highest BCUT2D eigenvalue weighted by Gasteiger charge is 2.15. The molecule has 0 bridgehead atoms. The van der Waals surface area contributed by atoms with E-state index in [0.29, 0.717) is 0 Å². The van der Waals surface area contributed by atoms with Gasteiger partial charge in [0.05, 0.1) is 7.11 Å². The smallest absolute Gasteiger partial charge is 0.138 e. The predicted octanol–water partition coefficient (Wildman–Crippen LogP) is 2.59. The lowest BCUT2D eigenvalue weighted by molar-refractivity contribution is 0.412. The van der Waals surface area contributed by atoms with E-state index in [1.165, 1.54) is 5.56 Å². The molecule has 0 amide bonds. The van der Waals surface area contributed by atoms with Gasteiger partial charge in [-0.3, -0.25) is 4.68 Å². The summed E-state index contributed by atoms with van der Waals surface area (Å²) in [5.74, 6) is 1.89. The minimum Gasteiger partial charge on any atom is -0.497 e. The van der Waals surface area contributed by atoms with E-state index >= 15 is 0 Å². The molecule has 2 aromatic rings. The van der Waals surface area contributed by atoms with Crippen molar-refractivity contribution in [2.75, 3.05) is 13.7 Å². The summed E-state index contributed by atoms with van der Waals surface area (Å²) in [7, 11) is 1.70. The Kier molecular flexibility index (Phi) is 5.75. The molecule has 0 saturated carbocycles. The fraction of sp³-hybridized carbons (Fsp3) is 0.500. The summed E-state index contributed by atoms with van der Waals surface area (Å²) in [6.45, 7) is 6.07. The Labute approximate surface area is 126 Å². The third-order valence-electron chi connectivity index (χ3n) is 3.52. The molecule has 0 fully saturated rings. The molecule has 1 aromatic heterocycles. The van der Waals surface area contributed by atoms with Gasteiger partial charge in [0.15, 0.2) is 0 Å². The van der Waals surface area contributed by atoms with Gasteiger partial charge in [0, 0.05) is 19.0 Å². The zero-order valence-corrected chi connectivity index (χ0v) is 13.0. The highest BCUT2D eigenvalue weighted by molar-refractivity contribution is 5.31. The Bertz CT molecular complexity index is 553. The Hall–Kier alpha value is -1.88. The second kappa shape index (κ2) is 7.78. The summed E-state index contributed by atoms with van der Waals surface area (Å²) < 4.78 is 7.27. The molecule has 1 atom stereocenters. The van der Waals surface area contributed by atoms with Gasteiger partial charge in [-0.25, -0.2) is 4.98 Å². The average Bonchev–Trinajstić information content (AvgIpc) is 2.98. The average molecular weight is 288 g/mol. The number of hydrogen-bond acceptors (Lipinski definition) is 4. The lowest BCUT2D eigenvalue weighted by atomic mass is 10.0. The number of aryl methyl sites for hydroxylation is 1. The summed E-state index contributed by atoms with van der Waals surface area (Å²) in [4.78, 5) is 4.38. The fourth-order valence-electron chi connectivity index (χ4n) is 2.38. The maximum Gasteiger partial charge on any atom is 0.138 e. The minimum atomic E-state index is 0.217. The number of hydrogen-bond donors (Lipinski definition) is 1. The van der Waals surface area contributed by atoms with Crippen LogP contribution in [-0.4, -0.2) is 28.4 Å².